The van der Waals surface area contributed by atoms with E-state index in [1.165, 1.54) is 12.1 Å². The summed E-state index contributed by atoms with van der Waals surface area (Å²) < 4.78 is 41.3. The largest absolute Gasteiger partial charge is 0.482 e. The molecule has 1 rings (SSSR count). The van der Waals surface area contributed by atoms with E-state index in [4.69, 9.17) is 33.7 Å². The molecule has 0 aliphatic rings. The number of ether oxygens (including phenoxy) is 1. The van der Waals surface area contributed by atoms with E-state index in [0.29, 0.717) is 23.4 Å². The van der Waals surface area contributed by atoms with Crippen molar-refractivity contribution in [3.05, 3.63) is 27.7 Å². The molecule has 0 amide bonds. The molecule has 0 fully saturated rings. The third-order valence-electron chi connectivity index (χ3n) is 2.47. The Balaban J connectivity index is 2.99. The Hall–Kier alpha value is -0.650. The molecule has 19 heavy (non-hydrogen) atoms. The Morgan fingerprint density at radius 1 is 1.32 bits per heavy atom. The molecule has 1 aromatic rings. The molecule has 1 atom stereocenters. The SMILES string of the molecule is CCC(N)Cc1cc(Cl)cc(Cl)c1OCC(F)(F)F. The predicted octanol–water partition coefficient (Wildman–Crippen LogP) is 4.21. The first-order chi connectivity index (χ1) is 8.73. The highest BCUT2D eigenvalue weighted by Crippen LogP contribution is 2.34. The Morgan fingerprint density at radius 2 is 1.95 bits per heavy atom. The van der Waals surface area contributed by atoms with Gasteiger partial charge >= 0.3 is 6.18 Å². The zero-order valence-electron chi connectivity index (χ0n) is 10.2. The molecule has 0 bridgehead atoms. The summed E-state index contributed by atoms with van der Waals surface area (Å²) in [4.78, 5) is 0. The number of hydrogen-bond acceptors (Lipinski definition) is 2. The van der Waals surface area contributed by atoms with Crippen LogP contribution in [0.3, 0.4) is 0 Å². The normalized spacial score (nSPS) is 13.4. The van der Waals surface area contributed by atoms with Crippen molar-refractivity contribution in [2.24, 2.45) is 5.73 Å². The second-order valence-electron chi connectivity index (χ2n) is 4.15. The summed E-state index contributed by atoms with van der Waals surface area (Å²) in [6, 6.07) is 2.67. The fraction of sp³-hybridized carbons (Fsp3) is 0.500. The molecule has 0 aromatic heterocycles. The van der Waals surface area contributed by atoms with Gasteiger partial charge in [0, 0.05) is 11.1 Å². The minimum atomic E-state index is -4.42. The maximum absolute atomic E-state index is 12.2. The topological polar surface area (TPSA) is 35.2 Å². The lowest BCUT2D eigenvalue weighted by atomic mass is 10.0. The summed E-state index contributed by atoms with van der Waals surface area (Å²) >= 11 is 11.7. The van der Waals surface area contributed by atoms with Gasteiger partial charge in [-0.15, -0.1) is 0 Å². The third kappa shape index (κ3) is 5.47. The number of nitrogens with two attached hydrogens (primary N) is 1. The van der Waals surface area contributed by atoms with Crippen molar-refractivity contribution < 1.29 is 17.9 Å². The van der Waals surface area contributed by atoms with Crippen LogP contribution < -0.4 is 10.5 Å². The summed E-state index contributed by atoms with van der Waals surface area (Å²) in [5.74, 6) is -0.00714. The van der Waals surface area contributed by atoms with Crippen LogP contribution in [0.2, 0.25) is 10.0 Å². The molecule has 0 radical (unpaired) electrons. The molecule has 1 aromatic carbocycles. The van der Waals surface area contributed by atoms with Crippen molar-refractivity contribution in [3.8, 4) is 5.75 Å². The smallest absolute Gasteiger partial charge is 0.422 e. The Morgan fingerprint density at radius 3 is 2.47 bits per heavy atom. The molecule has 2 N–H and O–H groups in total. The van der Waals surface area contributed by atoms with Gasteiger partial charge in [0.2, 0.25) is 0 Å². The predicted molar refractivity (Wildman–Crippen MR) is 70.0 cm³/mol. The summed E-state index contributed by atoms with van der Waals surface area (Å²) in [5, 5.41) is 0.387. The minimum absolute atomic E-state index is 0.00714. The highest BCUT2D eigenvalue weighted by Gasteiger charge is 2.29. The molecule has 0 spiro atoms. The maximum Gasteiger partial charge on any atom is 0.422 e. The van der Waals surface area contributed by atoms with Crippen LogP contribution in [0, 0.1) is 0 Å². The van der Waals surface area contributed by atoms with Crippen LogP contribution in [0.5, 0.6) is 5.75 Å². The van der Waals surface area contributed by atoms with E-state index in [1.54, 1.807) is 0 Å². The van der Waals surface area contributed by atoms with Gasteiger partial charge in [0.05, 0.1) is 5.02 Å². The number of benzene rings is 1. The Kier molecular flexibility index (Phi) is 5.77. The Bertz CT molecular complexity index is 438. The van der Waals surface area contributed by atoms with Crippen LogP contribution in [0.15, 0.2) is 12.1 Å². The molecule has 1 unspecified atom stereocenters. The molecule has 0 saturated carbocycles. The van der Waals surface area contributed by atoms with Crippen molar-refractivity contribution in [1.29, 1.82) is 0 Å². The molecular formula is C12H14Cl2F3NO. The first kappa shape index (κ1) is 16.4. The molecule has 108 valence electrons. The van der Waals surface area contributed by atoms with E-state index in [9.17, 15) is 13.2 Å². The summed E-state index contributed by atoms with van der Waals surface area (Å²) in [5.41, 5.74) is 6.27. The van der Waals surface area contributed by atoms with Crippen LogP contribution in [0.1, 0.15) is 18.9 Å². The maximum atomic E-state index is 12.2. The first-order valence-corrected chi connectivity index (χ1v) is 6.41. The van der Waals surface area contributed by atoms with Crippen molar-refractivity contribution >= 4 is 23.2 Å². The van der Waals surface area contributed by atoms with Crippen LogP contribution in [0.25, 0.3) is 0 Å². The van der Waals surface area contributed by atoms with Gasteiger partial charge in [-0.25, -0.2) is 0 Å². The van der Waals surface area contributed by atoms with E-state index < -0.39 is 12.8 Å². The van der Waals surface area contributed by atoms with Crippen molar-refractivity contribution in [2.45, 2.75) is 32.0 Å². The number of halogens is 5. The fourth-order valence-electron chi connectivity index (χ4n) is 1.51. The summed E-state index contributed by atoms with van der Waals surface area (Å²) in [7, 11) is 0. The van der Waals surface area contributed by atoms with Gasteiger partial charge in [0.15, 0.2) is 6.61 Å². The van der Waals surface area contributed by atoms with Crippen molar-refractivity contribution in [1.82, 2.24) is 0 Å². The van der Waals surface area contributed by atoms with Crippen molar-refractivity contribution in [2.75, 3.05) is 6.61 Å². The van der Waals surface area contributed by atoms with E-state index in [0.717, 1.165) is 0 Å². The number of hydrogen-bond donors (Lipinski definition) is 1. The number of alkyl halides is 3. The third-order valence-corrected chi connectivity index (χ3v) is 2.97. The van der Waals surface area contributed by atoms with Gasteiger partial charge in [-0.1, -0.05) is 30.1 Å². The lowest BCUT2D eigenvalue weighted by Crippen LogP contribution is -2.23. The standard InChI is InChI=1S/C12H14Cl2F3NO/c1-2-9(18)4-7-3-8(13)5-10(14)11(7)19-6-12(15,16)17/h3,5,9H,2,4,6,18H2,1H3. The van der Waals surface area contributed by atoms with Gasteiger partial charge < -0.3 is 10.5 Å². The molecular weight excluding hydrogens is 302 g/mol. The fourth-order valence-corrected chi connectivity index (χ4v) is 2.10. The van der Waals surface area contributed by atoms with E-state index in [1.807, 2.05) is 6.92 Å². The second-order valence-corrected chi connectivity index (χ2v) is 5.00. The molecule has 0 aliphatic heterocycles. The highest BCUT2D eigenvalue weighted by molar-refractivity contribution is 6.35. The van der Waals surface area contributed by atoms with Crippen LogP contribution >= 0.6 is 23.2 Å². The van der Waals surface area contributed by atoms with Gasteiger partial charge in [-0.3, -0.25) is 0 Å². The zero-order valence-corrected chi connectivity index (χ0v) is 11.7. The molecule has 0 aliphatic carbocycles. The van der Waals surface area contributed by atoms with E-state index in [-0.39, 0.29) is 16.8 Å². The lowest BCUT2D eigenvalue weighted by molar-refractivity contribution is -0.153. The Labute approximate surface area is 119 Å². The monoisotopic (exact) mass is 315 g/mol. The average Bonchev–Trinajstić information content (AvgIpc) is 2.25. The number of rotatable bonds is 5. The first-order valence-electron chi connectivity index (χ1n) is 5.66. The van der Waals surface area contributed by atoms with E-state index >= 15 is 0 Å². The summed E-state index contributed by atoms with van der Waals surface area (Å²) in [6.07, 6.45) is -3.39. The zero-order chi connectivity index (χ0) is 14.6. The average molecular weight is 316 g/mol. The van der Waals surface area contributed by atoms with Crippen LogP contribution in [-0.2, 0) is 6.42 Å². The van der Waals surface area contributed by atoms with E-state index in [2.05, 4.69) is 0 Å². The van der Waals surface area contributed by atoms with Gasteiger partial charge in [-0.05, 0) is 30.5 Å². The second kappa shape index (κ2) is 6.68. The van der Waals surface area contributed by atoms with Crippen LogP contribution in [0.4, 0.5) is 13.2 Å². The lowest BCUT2D eigenvalue weighted by Gasteiger charge is -2.17. The molecule has 0 heterocycles. The molecule has 0 saturated heterocycles. The van der Waals surface area contributed by atoms with Gasteiger partial charge in [0.25, 0.3) is 0 Å². The summed E-state index contributed by atoms with van der Waals surface area (Å²) in [6.45, 7) is 0.482. The van der Waals surface area contributed by atoms with Gasteiger partial charge in [0.1, 0.15) is 5.75 Å². The van der Waals surface area contributed by atoms with Crippen molar-refractivity contribution in [3.63, 3.8) is 0 Å². The molecule has 7 heteroatoms. The highest BCUT2D eigenvalue weighted by atomic mass is 35.5. The van der Waals surface area contributed by atoms with Crippen LogP contribution in [-0.4, -0.2) is 18.8 Å². The minimum Gasteiger partial charge on any atom is -0.482 e. The quantitative estimate of drug-likeness (QED) is 0.883. The molecule has 2 nitrogen and oxygen atoms in total. The van der Waals surface area contributed by atoms with Gasteiger partial charge in [-0.2, -0.15) is 13.2 Å².